The van der Waals surface area contributed by atoms with Crippen LogP contribution in [0.3, 0.4) is 0 Å². The summed E-state index contributed by atoms with van der Waals surface area (Å²) in [6.45, 7) is 0.827. The van der Waals surface area contributed by atoms with Crippen LogP contribution in [-0.4, -0.2) is 87.0 Å². The average Bonchev–Trinajstić information content (AvgIpc) is 3.94. The Morgan fingerprint density at radius 1 is 1.13 bits per heavy atom. The molecule has 0 unspecified atom stereocenters. The van der Waals surface area contributed by atoms with Crippen molar-refractivity contribution in [3.05, 3.63) is 88.3 Å². The summed E-state index contributed by atoms with van der Waals surface area (Å²) in [5.74, 6) is -2.48. The van der Waals surface area contributed by atoms with Gasteiger partial charge in [0.15, 0.2) is 23.2 Å². The normalized spacial score (nSPS) is 20.7. The van der Waals surface area contributed by atoms with Crippen molar-refractivity contribution >= 4 is 69.2 Å². The summed E-state index contributed by atoms with van der Waals surface area (Å²) in [5.41, 5.74) is 7.75. The second-order valence-electron chi connectivity index (χ2n) is 13.3. The van der Waals surface area contributed by atoms with Gasteiger partial charge in [0.2, 0.25) is 12.5 Å². The Balaban J connectivity index is 0.973. The number of rotatable bonds is 13. The fourth-order valence-electron chi connectivity index (χ4n) is 6.80. The zero-order chi connectivity index (χ0) is 38.6. The number of nitrogens with two attached hydrogens (primary N) is 1. The van der Waals surface area contributed by atoms with Gasteiger partial charge in [-0.15, -0.1) is 23.1 Å². The van der Waals surface area contributed by atoms with Gasteiger partial charge in [-0.3, -0.25) is 24.1 Å². The molecular weight excluding hydrogens is 749 g/mol. The molecule has 2 saturated heterocycles. The van der Waals surface area contributed by atoms with E-state index in [1.807, 2.05) is 12.1 Å². The summed E-state index contributed by atoms with van der Waals surface area (Å²) < 4.78 is 6.87. The minimum Gasteiger partial charge on any atom is -0.543 e. The number of aliphatic carboxylic acids is 1. The number of nitrogens with one attached hydrogen (secondary N) is 2. The first-order chi connectivity index (χ1) is 26.6. The van der Waals surface area contributed by atoms with Gasteiger partial charge in [0.25, 0.3) is 17.7 Å². The van der Waals surface area contributed by atoms with E-state index in [9.17, 15) is 29.1 Å². The van der Waals surface area contributed by atoms with Gasteiger partial charge in [-0.25, -0.2) is 4.98 Å². The smallest absolute Gasteiger partial charge is 0.290 e. The molecule has 1 aromatic carbocycles. The molecule has 2 atom stereocenters. The first-order valence-electron chi connectivity index (χ1n) is 17.6. The highest BCUT2D eigenvalue weighted by Gasteiger charge is 2.53. The predicted octanol–water partition coefficient (Wildman–Crippen LogP) is 1.09. The van der Waals surface area contributed by atoms with Gasteiger partial charge in [-0.1, -0.05) is 5.16 Å². The SMILES string of the molecule is COc1ccc(NC(=O)C[n+]2ccc(CN3CCC(=CC4=C(C(=O)[O-])N5C(=O)[C@@H](NC(=O)/C(=N\OC6CCCC6)c6csc(N)n6)[C@H]5SC4)C3=O)cc2)cc1. The Morgan fingerprint density at radius 2 is 1.87 bits per heavy atom. The topological polar surface area (TPSA) is 213 Å². The highest BCUT2D eigenvalue weighted by Crippen LogP contribution is 2.41. The molecule has 0 radical (unpaired) electrons. The number of nitrogens with zero attached hydrogens (tertiary/aromatic N) is 5. The van der Waals surface area contributed by atoms with Gasteiger partial charge in [0.05, 0.1) is 18.8 Å². The Bertz CT molecular complexity index is 2090. The highest BCUT2D eigenvalue weighted by molar-refractivity contribution is 8.00. The number of carboxylic acid groups (broad SMARTS) is 1. The van der Waals surface area contributed by atoms with E-state index >= 15 is 0 Å². The van der Waals surface area contributed by atoms with Crippen molar-refractivity contribution < 1.29 is 43.2 Å². The molecule has 5 heterocycles. The number of hydrogen-bond donors (Lipinski definition) is 3. The predicted molar refractivity (Wildman–Crippen MR) is 200 cm³/mol. The molecule has 3 aliphatic heterocycles. The highest BCUT2D eigenvalue weighted by atomic mass is 32.2. The van der Waals surface area contributed by atoms with E-state index < -0.39 is 29.2 Å². The van der Waals surface area contributed by atoms with Gasteiger partial charge in [-0.05, 0) is 73.6 Å². The number of β-lactam (4-membered cyclic amide) rings is 1. The third-order valence-corrected chi connectivity index (χ3v) is 11.6. The van der Waals surface area contributed by atoms with Crippen LogP contribution >= 0.6 is 23.1 Å². The quantitative estimate of drug-likeness (QED) is 0.0734. The number of pyridine rings is 1. The number of methoxy groups -OCH3 is 1. The van der Waals surface area contributed by atoms with E-state index in [2.05, 4.69) is 20.8 Å². The summed E-state index contributed by atoms with van der Waals surface area (Å²) in [4.78, 5) is 77.8. The number of nitrogen functional groups attached to an aromatic ring is 1. The number of thioether (sulfide) groups is 1. The van der Waals surface area contributed by atoms with Crippen LogP contribution in [0.15, 0.2) is 82.2 Å². The number of anilines is 2. The second-order valence-corrected chi connectivity index (χ2v) is 15.3. The van der Waals surface area contributed by atoms with E-state index in [4.69, 9.17) is 15.3 Å². The van der Waals surface area contributed by atoms with Crippen molar-refractivity contribution in [1.29, 1.82) is 0 Å². The Hall–Kier alpha value is -5.75. The van der Waals surface area contributed by atoms with Crippen molar-refractivity contribution in [3.8, 4) is 5.75 Å². The van der Waals surface area contributed by atoms with E-state index in [1.165, 1.54) is 17.8 Å². The maximum Gasteiger partial charge on any atom is 0.290 e. The van der Waals surface area contributed by atoms with Crippen LogP contribution < -0.4 is 30.8 Å². The minimum atomic E-state index is -1.56. The summed E-state index contributed by atoms with van der Waals surface area (Å²) in [6, 6.07) is 9.65. The summed E-state index contributed by atoms with van der Waals surface area (Å²) >= 11 is 2.40. The number of thiazole rings is 1. The summed E-state index contributed by atoms with van der Waals surface area (Å²) in [5, 5.41) is 23.1. The molecule has 4 N–H and O–H groups in total. The van der Waals surface area contributed by atoms with Crippen LogP contribution in [0, 0.1) is 0 Å². The van der Waals surface area contributed by atoms with Crippen molar-refractivity contribution in [2.75, 3.05) is 30.5 Å². The lowest BCUT2D eigenvalue weighted by Crippen LogP contribution is -2.71. The number of aromatic nitrogens is 2. The average molecular weight is 787 g/mol. The third-order valence-electron chi connectivity index (χ3n) is 9.65. The molecule has 7 rings (SSSR count). The summed E-state index contributed by atoms with van der Waals surface area (Å²) in [6.07, 6.45) is 8.95. The zero-order valence-corrected chi connectivity index (χ0v) is 31.4. The van der Waals surface area contributed by atoms with Crippen molar-refractivity contribution in [2.45, 2.75) is 62.7 Å². The lowest BCUT2D eigenvalue weighted by Gasteiger charge is -2.50. The number of allylic oxidation sites excluding steroid dienone is 1. The number of ether oxygens (including phenoxy) is 1. The number of carboxylic acids is 1. The molecule has 3 fully saturated rings. The molecule has 2 aromatic heterocycles. The minimum absolute atomic E-state index is 0.0933. The maximum absolute atomic E-state index is 13.4. The van der Waals surface area contributed by atoms with Gasteiger partial charge >= 0.3 is 0 Å². The lowest BCUT2D eigenvalue weighted by atomic mass is 10.0. The number of benzene rings is 1. The molecule has 286 valence electrons. The van der Waals surface area contributed by atoms with Crippen molar-refractivity contribution in [2.24, 2.45) is 5.16 Å². The number of fused-ring (bicyclic) bond motifs is 1. The van der Waals surface area contributed by atoms with Crippen molar-refractivity contribution in [3.63, 3.8) is 0 Å². The van der Waals surface area contributed by atoms with E-state index in [0.717, 1.165) is 47.5 Å². The standard InChI is InChI=1S/C37H38N8O8S2/c1-52-25-8-6-24(7-9-25)39-28(46)18-43-13-10-21(11-14-43)17-44-15-12-22(33(44)48)16-23-19-54-35-30(34(49)45(35)31(23)36(50)51)41-32(47)29(27-20-55-37(38)40-27)42-53-26-4-2-3-5-26/h6-11,13-14,16,20,26,30,35H,2-5,12,15,17-19H2,1H3,(H4-,38,39,40,41,46,47,50,51)/b22-16?,42-29-/t30-,35-/m1/s1. The van der Waals surface area contributed by atoms with Crippen LogP contribution in [0.1, 0.15) is 43.4 Å². The molecule has 4 aliphatic rings. The molecular formula is C37H38N8O8S2. The van der Waals surface area contributed by atoms with Gasteiger partial charge < -0.3 is 40.7 Å². The molecule has 3 aromatic rings. The van der Waals surface area contributed by atoms with E-state index in [0.29, 0.717) is 36.5 Å². The molecule has 1 saturated carbocycles. The van der Waals surface area contributed by atoms with Crippen LogP contribution in [0.25, 0.3) is 0 Å². The number of carbonyl (C=O) groups excluding carboxylic acids is 5. The molecule has 18 heteroatoms. The molecule has 4 amide bonds. The Morgan fingerprint density at radius 3 is 2.55 bits per heavy atom. The molecule has 0 bridgehead atoms. The Labute approximate surface area is 324 Å². The monoisotopic (exact) mass is 786 g/mol. The number of hydrogen-bond acceptors (Lipinski definition) is 13. The van der Waals surface area contributed by atoms with Gasteiger partial charge in [0, 0.05) is 47.6 Å². The number of amides is 4. The Kier molecular flexibility index (Phi) is 11.1. The van der Waals surface area contributed by atoms with Crippen LogP contribution in [-0.2, 0) is 41.9 Å². The second kappa shape index (κ2) is 16.3. The van der Waals surface area contributed by atoms with Gasteiger partial charge in [0.1, 0.15) is 29.0 Å². The van der Waals surface area contributed by atoms with E-state index in [-0.39, 0.29) is 58.0 Å². The van der Waals surface area contributed by atoms with Gasteiger partial charge in [-0.2, -0.15) is 4.57 Å². The fraction of sp³-hybridized carbons (Fsp3) is 0.351. The molecule has 0 spiro atoms. The molecule has 1 aliphatic carbocycles. The molecule has 16 nitrogen and oxygen atoms in total. The number of carbonyl (C=O) groups is 5. The molecule has 55 heavy (non-hydrogen) atoms. The largest absolute Gasteiger partial charge is 0.543 e. The third kappa shape index (κ3) is 8.34. The first-order valence-corrected chi connectivity index (χ1v) is 19.6. The zero-order valence-electron chi connectivity index (χ0n) is 29.8. The van der Waals surface area contributed by atoms with Crippen LogP contribution in [0.5, 0.6) is 5.75 Å². The number of oxime groups is 1. The summed E-state index contributed by atoms with van der Waals surface area (Å²) in [7, 11) is 1.57. The van der Waals surface area contributed by atoms with Crippen LogP contribution in [0.4, 0.5) is 10.8 Å². The number of likely N-dealkylation sites (tertiary alicyclic amines) is 1. The fourth-order valence-corrected chi connectivity index (χ4v) is 8.65. The lowest BCUT2D eigenvalue weighted by molar-refractivity contribution is -0.684. The first kappa shape index (κ1) is 37.6. The maximum atomic E-state index is 13.4. The van der Waals surface area contributed by atoms with E-state index in [1.54, 1.807) is 58.6 Å². The van der Waals surface area contributed by atoms with Crippen molar-refractivity contribution in [1.82, 2.24) is 20.1 Å². The van der Waals surface area contributed by atoms with Crippen LogP contribution in [0.2, 0.25) is 0 Å².